The summed E-state index contributed by atoms with van der Waals surface area (Å²) in [6.45, 7) is 1.41. The van der Waals surface area contributed by atoms with E-state index in [0.717, 1.165) is 12.1 Å². The number of Topliss-reactive ketones (excluding diaryl/α,β-unsaturated/α-hetero) is 1. The Kier molecular flexibility index (Phi) is 5.73. The molecule has 0 spiro atoms. The van der Waals surface area contributed by atoms with Gasteiger partial charge in [-0.05, 0) is 43.3 Å². The predicted molar refractivity (Wildman–Crippen MR) is 103 cm³/mol. The van der Waals surface area contributed by atoms with Gasteiger partial charge in [-0.3, -0.25) is 14.4 Å². The van der Waals surface area contributed by atoms with Gasteiger partial charge in [-0.2, -0.15) is 0 Å². The number of halogens is 2. The maximum atomic E-state index is 13.3. The Bertz CT molecular complexity index is 1120. The van der Waals surface area contributed by atoms with Gasteiger partial charge in [0.2, 0.25) is 0 Å². The second-order valence-electron chi connectivity index (χ2n) is 6.08. The van der Waals surface area contributed by atoms with Crippen molar-refractivity contribution in [2.24, 2.45) is 0 Å². The molecule has 3 rings (SSSR count). The molecule has 6 nitrogen and oxygen atoms in total. The van der Waals surface area contributed by atoms with Gasteiger partial charge in [0, 0.05) is 23.0 Å². The van der Waals surface area contributed by atoms with E-state index in [2.05, 4.69) is 15.6 Å². The van der Waals surface area contributed by atoms with Crippen LogP contribution in [0, 0.1) is 11.6 Å². The number of rotatable bonds is 5. The topological polar surface area (TPSA) is 88.2 Å². The van der Waals surface area contributed by atoms with E-state index in [0.29, 0.717) is 11.3 Å². The molecule has 0 saturated heterocycles. The number of carbonyl (C=O) groups is 3. The molecule has 2 aromatic carbocycles. The second kappa shape index (κ2) is 8.39. The van der Waals surface area contributed by atoms with Crippen molar-refractivity contribution in [1.29, 1.82) is 0 Å². The number of nitrogens with zero attached hydrogens (tertiary/aromatic N) is 1. The van der Waals surface area contributed by atoms with Gasteiger partial charge in [-0.15, -0.1) is 0 Å². The lowest BCUT2D eigenvalue weighted by Gasteiger charge is -2.08. The summed E-state index contributed by atoms with van der Waals surface area (Å²) >= 11 is 0. The molecule has 2 N–H and O–H groups in total. The van der Waals surface area contributed by atoms with Crippen molar-refractivity contribution in [3.05, 3.63) is 89.2 Å². The fraction of sp³-hybridized carbons (Fsp3) is 0.0476. The van der Waals surface area contributed by atoms with Crippen LogP contribution in [0.1, 0.15) is 38.3 Å². The molecule has 0 aliphatic rings. The van der Waals surface area contributed by atoms with E-state index in [1.165, 1.54) is 37.3 Å². The molecule has 0 unspecified atom stereocenters. The van der Waals surface area contributed by atoms with E-state index in [1.54, 1.807) is 18.2 Å². The summed E-state index contributed by atoms with van der Waals surface area (Å²) in [6.07, 6.45) is 0. The number of ketones is 1. The zero-order chi connectivity index (χ0) is 21.0. The van der Waals surface area contributed by atoms with Gasteiger partial charge in [-0.25, -0.2) is 13.8 Å². The number of carbonyl (C=O) groups excluding carboxylic acids is 3. The Hall–Kier alpha value is -3.94. The Balaban J connectivity index is 1.75. The lowest BCUT2D eigenvalue weighted by atomic mass is 10.1. The number of benzene rings is 2. The molecule has 3 aromatic rings. The summed E-state index contributed by atoms with van der Waals surface area (Å²) in [6, 6.07) is 13.6. The SMILES string of the molecule is CC(=O)c1cccc(NC(=O)c2cccc(C(=O)Nc3ccc(F)c(F)c3)n2)c1. The third-order valence-corrected chi connectivity index (χ3v) is 3.92. The van der Waals surface area contributed by atoms with Crippen molar-refractivity contribution >= 4 is 29.0 Å². The van der Waals surface area contributed by atoms with Crippen LogP contribution in [0.5, 0.6) is 0 Å². The number of pyridine rings is 1. The highest BCUT2D eigenvalue weighted by molar-refractivity contribution is 6.06. The molecule has 29 heavy (non-hydrogen) atoms. The standard InChI is InChI=1S/C21H15F2N3O3/c1-12(27)13-4-2-5-14(10-13)24-20(28)18-6-3-7-19(26-18)21(29)25-15-8-9-16(22)17(23)11-15/h2-11H,1H3,(H,24,28)(H,25,29). The molecule has 0 atom stereocenters. The van der Waals surface area contributed by atoms with E-state index < -0.39 is 23.4 Å². The number of amides is 2. The summed E-state index contributed by atoms with van der Waals surface area (Å²) in [7, 11) is 0. The van der Waals surface area contributed by atoms with Gasteiger partial charge < -0.3 is 10.6 Å². The van der Waals surface area contributed by atoms with E-state index >= 15 is 0 Å². The smallest absolute Gasteiger partial charge is 0.274 e. The zero-order valence-corrected chi connectivity index (χ0v) is 15.2. The molecule has 8 heteroatoms. The largest absolute Gasteiger partial charge is 0.321 e. The average molecular weight is 395 g/mol. The molecule has 0 saturated carbocycles. The number of hydrogen-bond acceptors (Lipinski definition) is 4. The lowest BCUT2D eigenvalue weighted by Crippen LogP contribution is -2.18. The molecule has 0 bridgehead atoms. The highest BCUT2D eigenvalue weighted by Gasteiger charge is 2.14. The highest BCUT2D eigenvalue weighted by atomic mass is 19.2. The molecular weight excluding hydrogens is 380 g/mol. The summed E-state index contributed by atoms with van der Waals surface area (Å²) in [5.41, 5.74) is 0.777. The minimum Gasteiger partial charge on any atom is -0.321 e. The number of nitrogens with one attached hydrogen (secondary N) is 2. The minimum atomic E-state index is -1.10. The fourth-order valence-corrected chi connectivity index (χ4v) is 2.47. The third kappa shape index (κ3) is 4.86. The Morgan fingerprint density at radius 3 is 1.93 bits per heavy atom. The molecule has 1 heterocycles. The molecule has 0 aliphatic heterocycles. The van der Waals surface area contributed by atoms with E-state index in [4.69, 9.17) is 0 Å². The van der Waals surface area contributed by atoms with Crippen LogP contribution < -0.4 is 10.6 Å². The summed E-state index contributed by atoms with van der Waals surface area (Å²) < 4.78 is 26.3. The number of aromatic nitrogens is 1. The maximum Gasteiger partial charge on any atom is 0.274 e. The monoisotopic (exact) mass is 395 g/mol. The van der Waals surface area contributed by atoms with Crippen molar-refractivity contribution in [3.8, 4) is 0 Å². The third-order valence-electron chi connectivity index (χ3n) is 3.92. The summed E-state index contributed by atoms with van der Waals surface area (Å²) in [5.74, 6) is -3.54. The minimum absolute atomic E-state index is 0.0313. The molecule has 0 radical (unpaired) electrons. The summed E-state index contributed by atoms with van der Waals surface area (Å²) in [4.78, 5) is 40.2. The van der Waals surface area contributed by atoms with Crippen LogP contribution in [0.2, 0.25) is 0 Å². The normalized spacial score (nSPS) is 10.3. The van der Waals surface area contributed by atoms with Crippen LogP contribution in [0.4, 0.5) is 20.2 Å². The first kappa shape index (κ1) is 19.8. The van der Waals surface area contributed by atoms with Gasteiger partial charge in [0.1, 0.15) is 11.4 Å². The van der Waals surface area contributed by atoms with Crippen molar-refractivity contribution in [2.75, 3.05) is 10.6 Å². The summed E-state index contributed by atoms with van der Waals surface area (Å²) in [5, 5.41) is 4.99. The van der Waals surface area contributed by atoms with Crippen molar-refractivity contribution in [2.45, 2.75) is 6.92 Å². The van der Waals surface area contributed by atoms with Crippen molar-refractivity contribution in [3.63, 3.8) is 0 Å². The quantitative estimate of drug-likeness (QED) is 0.638. The van der Waals surface area contributed by atoms with E-state index in [1.807, 2.05) is 0 Å². The number of hydrogen-bond donors (Lipinski definition) is 2. The Morgan fingerprint density at radius 1 is 0.759 bits per heavy atom. The Morgan fingerprint density at radius 2 is 1.34 bits per heavy atom. The van der Waals surface area contributed by atoms with E-state index in [-0.39, 0.29) is 22.9 Å². The van der Waals surface area contributed by atoms with Gasteiger partial charge in [-0.1, -0.05) is 18.2 Å². The van der Waals surface area contributed by atoms with Crippen LogP contribution in [0.25, 0.3) is 0 Å². The van der Waals surface area contributed by atoms with Crippen LogP contribution in [-0.4, -0.2) is 22.6 Å². The number of anilines is 2. The molecular formula is C21H15F2N3O3. The Labute approximate surface area is 164 Å². The lowest BCUT2D eigenvalue weighted by molar-refractivity contribution is 0.100. The first-order valence-corrected chi connectivity index (χ1v) is 8.49. The van der Waals surface area contributed by atoms with E-state index in [9.17, 15) is 23.2 Å². The second-order valence-corrected chi connectivity index (χ2v) is 6.08. The van der Waals surface area contributed by atoms with Gasteiger partial charge in [0.15, 0.2) is 17.4 Å². The highest BCUT2D eigenvalue weighted by Crippen LogP contribution is 2.15. The van der Waals surface area contributed by atoms with Crippen LogP contribution >= 0.6 is 0 Å². The maximum absolute atomic E-state index is 13.3. The fourth-order valence-electron chi connectivity index (χ4n) is 2.47. The molecule has 2 amide bonds. The zero-order valence-electron chi connectivity index (χ0n) is 15.2. The van der Waals surface area contributed by atoms with Crippen LogP contribution in [0.15, 0.2) is 60.7 Å². The average Bonchev–Trinajstić information content (AvgIpc) is 2.71. The van der Waals surface area contributed by atoms with Crippen LogP contribution in [0.3, 0.4) is 0 Å². The van der Waals surface area contributed by atoms with Crippen LogP contribution in [-0.2, 0) is 0 Å². The van der Waals surface area contributed by atoms with Crippen molar-refractivity contribution in [1.82, 2.24) is 4.98 Å². The first-order chi connectivity index (χ1) is 13.8. The van der Waals surface area contributed by atoms with Gasteiger partial charge in [0.25, 0.3) is 11.8 Å². The predicted octanol–water partition coefficient (Wildman–Crippen LogP) is 4.07. The first-order valence-electron chi connectivity index (χ1n) is 8.49. The van der Waals surface area contributed by atoms with Gasteiger partial charge in [0.05, 0.1) is 0 Å². The molecule has 1 aromatic heterocycles. The molecule has 0 aliphatic carbocycles. The molecule has 146 valence electrons. The van der Waals surface area contributed by atoms with Crippen molar-refractivity contribution < 1.29 is 23.2 Å². The molecule has 0 fully saturated rings. The van der Waals surface area contributed by atoms with Gasteiger partial charge >= 0.3 is 0 Å².